The Hall–Kier alpha value is -2.87. The molecule has 0 radical (unpaired) electrons. The summed E-state index contributed by atoms with van der Waals surface area (Å²) < 4.78 is 4.75. The minimum Gasteiger partial charge on any atom is -0.467 e. The van der Waals surface area contributed by atoms with Crippen molar-refractivity contribution < 1.29 is 14.3 Å². The van der Waals surface area contributed by atoms with Crippen LogP contribution in [-0.2, 0) is 9.53 Å². The maximum absolute atomic E-state index is 12.5. The Labute approximate surface area is 135 Å². The first-order chi connectivity index (χ1) is 11.2. The van der Waals surface area contributed by atoms with Crippen molar-refractivity contribution in [1.29, 1.82) is 0 Å². The summed E-state index contributed by atoms with van der Waals surface area (Å²) in [6.07, 6.45) is 8.45. The zero-order valence-corrected chi connectivity index (χ0v) is 12.9. The smallest absolute Gasteiger partial charge is 0.328 e. The molecular formula is C18H18N2O3. The van der Waals surface area contributed by atoms with Crippen LogP contribution in [0.2, 0.25) is 0 Å². The van der Waals surface area contributed by atoms with Gasteiger partial charge in [0.15, 0.2) is 0 Å². The number of pyridine rings is 1. The molecular weight excluding hydrogens is 292 g/mol. The predicted molar refractivity (Wildman–Crippen MR) is 87.7 cm³/mol. The number of benzene rings is 1. The minimum absolute atomic E-state index is 0.356. The van der Waals surface area contributed by atoms with Crippen molar-refractivity contribution in [2.75, 3.05) is 7.11 Å². The third-order valence-electron chi connectivity index (χ3n) is 3.48. The molecule has 0 bridgehead atoms. The summed E-state index contributed by atoms with van der Waals surface area (Å²) >= 11 is 0. The summed E-state index contributed by atoms with van der Waals surface area (Å²) in [5, 5.41) is 3.58. The molecule has 1 aromatic carbocycles. The van der Waals surface area contributed by atoms with Crippen molar-refractivity contribution in [3.63, 3.8) is 0 Å². The number of carbonyl (C=O) groups excluding carboxylic acids is 2. The second-order valence-corrected chi connectivity index (χ2v) is 5.03. The van der Waals surface area contributed by atoms with Gasteiger partial charge in [-0.3, -0.25) is 9.78 Å². The first kappa shape index (κ1) is 16.5. The lowest BCUT2D eigenvalue weighted by atomic mass is 10.1. The molecule has 0 unspecified atom stereocenters. The average Bonchev–Trinajstić information content (AvgIpc) is 2.59. The molecule has 0 aliphatic rings. The molecule has 1 amide bonds. The first-order valence-corrected chi connectivity index (χ1v) is 7.33. The second kappa shape index (κ2) is 7.95. The highest BCUT2D eigenvalue weighted by atomic mass is 16.5. The topological polar surface area (TPSA) is 68.3 Å². The van der Waals surface area contributed by atoms with Crippen LogP contribution < -0.4 is 5.32 Å². The number of esters is 1. The Morgan fingerprint density at radius 1 is 1.35 bits per heavy atom. The molecule has 23 heavy (non-hydrogen) atoms. The van der Waals surface area contributed by atoms with E-state index in [4.69, 9.17) is 11.2 Å². The van der Waals surface area contributed by atoms with Gasteiger partial charge in [0.25, 0.3) is 5.91 Å². The Kier molecular flexibility index (Phi) is 5.70. The van der Waals surface area contributed by atoms with Crippen LogP contribution in [-0.4, -0.2) is 30.0 Å². The number of methoxy groups -OCH3 is 1. The second-order valence-electron chi connectivity index (χ2n) is 5.03. The van der Waals surface area contributed by atoms with Gasteiger partial charge in [0.2, 0.25) is 0 Å². The number of aromatic nitrogens is 1. The van der Waals surface area contributed by atoms with E-state index in [1.54, 1.807) is 24.4 Å². The monoisotopic (exact) mass is 310 g/mol. The molecule has 0 spiro atoms. The summed E-state index contributed by atoms with van der Waals surface area (Å²) in [6, 6.07) is 8.30. The number of fused-ring (bicyclic) bond motifs is 1. The number of nitrogens with zero attached hydrogens (tertiary/aromatic N) is 1. The van der Waals surface area contributed by atoms with Crippen molar-refractivity contribution in [3.8, 4) is 12.3 Å². The third kappa shape index (κ3) is 4.07. The Balaban J connectivity index is 2.20. The van der Waals surface area contributed by atoms with E-state index >= 15 is 0 Å². The van der Waals surface area contributed by atoms with Crippen LogP contribution >= 0.6 is 0 Å². The van der Waals surface area contributed by atoms with Crippen LogP contribution in [0.1, 0.15) is 29.6 Å². The van der Waals surface area contributed by atoms with Gasteiger partial charge < -0.3 is 10.1 Å². The fourth-order valence-corrected chi connectivity index (χ4v) is 2.32. The van der Waals surface area contributed by atoms with Gasteiger partial charge >= 0.3 is 5.97 Å². The lowest BCUT2D eigenvalue weighted by Crippen LogP contribution is -2.41. The normalized spacial score (nSPS) is 11.5. The molecule has 0 aliphatic carbocycles. The van der Waals surface area contributed by atoms with Gasteiger partial charge in [-0.25, -0.2) is 4.79 Å². The predicted octanol–water partition coefficient (Wildman–Crippen LogP) is 2.31. The maximum Gasteiger partial charge on any atom is 0.328 e. The van der Waals surface area contributed by atoms with Crippen molar-refractivity contribution in [2.24, 2.45) is 0 Å². The maximum atomic E-state index is 12.5. The first-order valence-electron chi connectivity index (χ1n) is 7.33. The number of terminal acetylenes is 1. The van der Waals surface area contributed by atoms with E-state index in [9.17, 15) is 9.59 Å². The standard InChI is InChI=1S/C18H18N2O3/c1-3-4-5-11-15(18(22)23-2)20-17(21)14-10-6-8-13-9-7-12-19-16(13)14/h1,6-10,12,15H,4-5,11H2,2H3,(H,20,21)/t15-/m1/s1. The molecule has 5 heteroatoms. The molecule has 0 saturated heterocycles. The molecule has 118 valence electrons. The highest BCUT2D eigenvalue weighted by molar-refractivity contribution is 6.06. The number of hydrogen-bond acceptors (Lipinski definition) is 4. The Morgan fingerprint density at radius 2 is 2.13 bits per heavy atom. The number of para-hydroxylation sites is 1. The minimum atomic E-state index is -0.722. The molecule has 0 saturated carbocycles. The molecule has 1 atom stereocenters. The Bertz CT molecular complexity index is 744. The van der Waals surface area contributed by atoms with Gasteiger partial charge in [-0.05, 0) is 25.0 Å². The van der Waals surface area contributed by atoms with Gasteiger partial charge in [0.1, 0.15) is 6.04 Å². The van der Waals surface area contributed by atoms with Crippen molar-refractivity contribution in [3.05, 3.63) is 42.1 Å². The number of hydrogen-bond donors (Lipinski definition) is 1. The van der Waals surface area contributed by atoms with Gasteiger partial charge in [-0.2, -0.15) is 0 Å². The quantitative estimate of drug-likeness (QED) is 0.505. The summed E-state index contributed by atoms with van der Waals surface area (Å²) in [6.45, 7) is 0. The van der Waals surface area contributed by atoms with Gasteiger partial charge in [0.05, 0.1) is 18.2 Å². The van der Waals surface area contributed by atoms with E-state index in [0.29, 0.717) is 30.3 Å². The van der Waals surface area contributed by atoms with E-state index in [1.807, 2.05) is 12.1 Å². The number of carbonyl (C=O) groups is 2. The number of rotatable bonds is 6. The summed E-state index contributed by atoms with van der Waals surface area (Å²) in [5.41, 5.74) is 1.02. The highest BCUT2D eigenvalue weighted by Crippen LogP contribution is 2.16. The van der Waals surface area contributed by atoms with Gasteiger partial charge in [-0.1, -0.05) is 18.2 Å². The summed E-state index contributed by atoms with van der Waals surface area (Å²) in [5.74, 6) is 1.68. The fourth-order valence-electron chi connectivity index (χ4n) is 2.32. The number of nitrogens with one attached hydrogen (secondary N) is 1. The van der Waals surface area contributed by atoms with E-state index in [-0.39, 0.29) is 5.91 Å². The summed E-state index contributed by atoms with van der Waals surface area (Å²) in [4.78, 5) is 28.6. The van der Waals surface area contributed by atoms with Gasteiger partial charge in [-0.15, -0.1) is 12.3 Å². The zero-order chi connectivity index (χ0) is 16.7. The van der Waals surface area contributed by atoms with Crippen LogP contribution in [0, 0.1) is 12.3 Å². The molecule has 0 aliphatic heterocycles. The van der Waals surface area contributed by atoms with E-state index in [2.05, 4.69) is 16.2 Å². The van der Waals surface area contributed by atoms with Crippen molar-refractivity contribution in [1.82, 2.24) is 10.3 Å². The average molecular weight is 310 g/mol. The van der Waals surface area contributed by atoms with E-state index in [0.717, 1.165) is 5.39 Å². The van der Waals surface area contributed by atoms with Crippen LogP contribution in [0.5, 0.6) is 0 Å². The van der Waals surface area contributed by atoms with E-state index in [1.165, 1.54) is 7.11 Å². The van der Waals surface area contributed by atoms with Crippen LogP contribution in [0.4, 0.5) is 0 Å². The molecule has 2 aromatic rings. The van der Waals surface area contributed by atoms with Crippen LogP contribution in [0.25, 0.3) is 10.9 Å². The molecule has 0 fully saturated rings. The van der Waals surface area contributed by atoms with Crippen LogP contribution in [0.15, 0.2) is 36.5 Å². The van der Waals surface area contributed by atoms with Gasteiger partial charge in [0, 0.05) is 18.0 Å². The fraction of sp³-hybridized carbons (Fsp3) is 0.278. The van der Waals surface area contributed by atoms with Crippen molar-refractivity contribution >= 4 is 22.8 Å². The molecule has 2 rings (SSSR count). The lowest BCUT2D eigenvalue weighted by Gasteiger charge is -2.16. The summed E-state index contributed by atoms with van der Waals surface area (Å²) in [7, 11) is 1.29. The molecule has 1 heterocycles. The molecule has 1 N–H and O–H groups in total. The van der Waals surface area contributed by atoms with E-state index < -0.39 is 12.0 Å². The largest absolute Gasteiger partial charge is 0.467 e. The lowest BCUT2D eigenvalue weighted by molar-refractivity contribution is -0.143. The number of amides is 1. The number of ether oxygens (including phenoxy) is 1. The molecule has 1 aromatic heterocycles. The molecule has 5 nitrogen and oxygen atoms in total. The van der Waals surface area contributed by atoms with Crippen LogP contribution in [0.3, 0.4) is 0 Å². The third-order valence-corrected chi connectivity index (χ3v) is 3.48. The number of unbranched alkanes of at least 4 members (excludes halogenated alkanes) is 1. The van der Waals surface area contributed by atoms with Crippen molar-refractivity contribution in [2.45, 2.75) is 25.3 Å². The highest BCUT2D eigenvalue weighted by Gasteiger charge is 2.22. The SMILES string of the molecule is C#CCCC[C@@H](NC(=O)c1cccc2cccnc12)C(=O)OC. The Morgan fingerprint density at radius 3 is 2.87 bits per heavy atom. The zero-order valence-electron chi connectivity index (χ0n) is 12.9.